The average Bonchev–Trinajstić information content (AvgIpc) is 3.19. The lowest BCUT2D eigenvalue weighted by atomic mass is 10.1. The highest BCUT2D eigenvalue weighted by atomic mass is 15.3. The second-order valence-corrected chi connectivity index (χ2v) is 6.26. The van der Waals surface area contributed by atoms with E-state index in [2.05, 4.69) is 57.2 Å². The number of hydrogen-bond acceptors (Lipinski definition) is 2. The number of aromatic nitrogens is 3. The lowest BCUT2D eigenvalue weighted by Gasteiger charge is -2.12. The molecule has 0 unspecified atom stereocenters. The van der Waals surface area contributed by atoms with Gasteiger partial charge in [-0.05, 0) is 6.07 Å². The van der Waals surface area contributed by atoms with Gasteiger partial charge in [0.2, 0.25) is 0 Å². The molecular formula is C24H15N3. The van der Waals surface area contributed by atoms with Gasteiger partial charge in [-0.15, -0.1) is 10.2 Å². The summed E-state index contributed by atoms with van der Waals surface area (Å²) in [6.45, 7) is 0. The molecule has 3 nitrogen and oxygen atoms in total. The first-order valence-electron chi connectivity index (χ1n) is 8.79. The van der Waals surface area contributed by atoms with Crippen LogP contribution in [0.15, 0.2) is 91.0 Å². The molecule has 27 heavy (non-hydrogen) atoms. The molecule has 0 fully saturated rings. The van der Waals surface area contributed by atoms with Crippen LogP contribution in [0.4, 0.5) is 0 Å². The zero-order valence-electron chi connectivity index (χ0n) is 14.5. The molecule has 0 bridgehead atoms. The third-order valence-corrected chi connectivity index (χ3v) is 4.59. The van der Waals surface area contributed by atoms with E-state index in [0.717, 1.165) is 39.2 Å². The molecule has 0 saturated carbocycles. The fourth-order valence-electron chi connectivity index (χ4n) is 3.32. The minimum absolute atomic E-state index is 0.805. The maximum atomic E-state index is 4.53. The molecule has 0 spiro atoms. The van der Waals surface area contributed by atoms with Crippen LogP contribution in [0.25, 0.3) is 39.2 Å². The van der Waals surface area contributed by atoms with Crippen LogP contribution in [0.5, 0.6) is 0 Å². The summed E-state index contributed by atoms with van der Waals surface area (Å²) in [6.07, 6.45) is 0. The Morgan fingerprint density at radius 2 is 1.19 bits per heavy atom. The second-order valence-electron chi connectivity index (χ2n) is 6.26. The van der Waals surface area contributed by atoms with E-state index in [9.17, 15) is 0 Å². The average molecular weight is 345 g/mol. The summed E-state index contributed by atoms with van der Waals surface area (Å²) in [5, 5.41) is 11.2. The molecule has 0 N–H and O–H groups in total. The van der Waals surface area contributed by atoms with Crippen LogP contribution < -0.4 is 0 Å². The van der Waals surface area contributed by atoms with Gasteiger partial charge in [-0.2, -0.15) is 0 Å². The Morgan fingerprint density at radius 3 is 1.81 bits per heavy atom. The molecule has 126 valence electrons. The minimum atomic E-state index is 0.805. The summed E-state index contributed by atoms with van der Waals surface area (Å²) in [4.78, 5) is 0. The molecular weight excluding hydrogens is 330 g/mol. The first kappa shape index (κ1) is 15.4. The Morgan fingerprint density at radius 1 is 0.630 bits per heavy atom. The van der Waals surface area contributed by atoms with Gasteiger partial charge in [-0.3, -0.25) is 4.57 Å². The van der Waals surface area contributed by atoms with Gasteiger partial charge < -0.3 is 0 Å². The van der Waals surface area contributed by atoms with Crippen molar-refractivity contribution >= 4 is 10.8 Å². The Bertz CT molecular complexity index is 1150. The van der Waals surface area contributed by atoms with Crippen molar-refractivity contribution in [3.05, 3.63) is 103 Å². The molecule has 5 rings (SSSR count). The summed E-state index contributed by atoms with van der Waals surface area (Å²) in [7, 11) is 0. The highest BCUT2D eigenvalue weighted by Crippen LogP contribution is 2.31. The number of benzene rings is 3. The SMILES string of the molecule is c1cc(-n2c(-c3ccccc3)nnc2-c2ccccc2)c2ccccc2c#1. The quantitative estimate of drug-likeness (QED) is 0.441. The molecule has 1 heterocycles. The van der Waals surface area contributed by atoms with Crippen LogP contribution in [0.3, 0.4) is 0 Å². The monoisotopic (exact) mass is 345 g/mol. The van der Waals surface area contributed by atoms with Crippen LogP contribution in [0.1, 0.15) is 0 Å². The lowest BCUT2D eigenvalue weighted by molar-refractivity contribution is 1.09. The third-order valence-electron chi connectivity index (χ3n) is 4.59. The number of fused-ring (bicyclic) bond motifs is 1. The summed E-state index contributed by atoms with van der Waals surface area (Å²) < 4.78 is 2.11. The van der Waals surface area contributed by atoms with Gasteiger partial charge >= 0.3 is 0 Å². The van der Waals surface area contributed by atoms with Gasteiger partial charge in [-0.25, -0.2) is 0 Å². The minimum Gasteiger partial charge on any atom is -0.274 e. The van der Waals surface area contributed by atoms with Crippen LogP contribution in [0.2, 0.25) is 0 Å². The van der Waals surface area contributed by atoms with Crippen molar-refractivity contribution < 1.29 is 0 Å². The van der Waals surface area contributed by atoms with E-state index in [0.29, 0.717) is 0 Å². The van der Waals surface area contributed by atoms with Crippen LogP contribution in [0, 0.1) is 12.1 Å². The van der Waals surface area contributed by atoms with E-state index < -0.39 is 0 Å². The molecule has 4 aromatic carbocycles. The lowest BCUT2D eigenvalue weighted by Crippen LogP contribution is -2.01. The van der Waals surface area contributed by atoms with Crippen molar-refractivity contribution in [3.63, 3.8) is 0 Å². The van der Waals surface area contributed by atoms with Gasteiger partial charge in [0.1, 0.15) is 0 Å². The van der Waals surface area contributed by atoms with E-state index in [4.69, 9.17) is 0 Å². The van der Waals surface area contributed by atoms with Gasteiger partial charge in [-0.1, -0.05) is 91.0 Å². The predicted molar refractivity (Wildman–Crippen MR) is 107 cm³/mol. The van der Waals surface area contributed by atoms with Crippen molar-refractivity contribution in [2.75, 3.05) is 0 Å². The molecule has 3 heteroatoms. The number of rotatable bonds is 3. The molecule has 0 atom stereocenters. The van der Waals surface area contributed by atoms with Gasteiger partial charge in [0.15, 0.2) is 11.6 Å². The highest BCUT2D eigenvalue weighted by Gasteiger charge is 2.18. The molecule has 0 radical (unpaired) electrons. The Labute approximate surface area is 157 Å². The number of hydrogen-bond donors (Lipinski definition) is 0. The molecule has 0 aliphatic rings. The Hall–Kier alpha value is -3.90. The first-order valence-corrected chi connectivity index (χ1v) is 8.79. The van der Waals surface area contributed by atoms with Gasteiger partial charge in [0, 0.05) is 28.0 Å². The van der Waals surface area contributed by atoms with Crippen LogP contribution in [-0.2, 0) is 0 Å². The van der Waals surface area contributed by atoms with Gasteiger partial charge in [0.05, 0.1) is 5.69 Å². The Kier molecular flexibility index (Phi) is 3.66. The van der Waals surface area contributed by atoms with E-state index in [1.165, 1.54) is 0 Å². The second kappa shape index (κ2) is 6.44. The summed E-state index contributed by atoms with van der Waals surface area (Å²) >= 11 is 0. The fourth-order valence-corrected chi connectivity index (χ4v) is 3.32. The largest absolute Gasteiger partial charge is 0.274 e. The first-order chi connectivity index (χ1) is 13.4. The van der Waals surface area contributed by atoms with E-state index in [1.807, 2.05) is 60.7 Å². The van der Waals surface area contributed by atoms with E-state index >= 15 is 0 Å². The fraction of sp³-hybridized carbons (Fsp3) is 0. The molecule has 5 aromatic rings. The van der Waals surface area contributed by atoms with Crippen molar-refractivity contribution in [2.24, 2.45) is 0 Å². The standard InChI is InChI=1S/C24H15N3/c1-3-11-19(12-4-1)23-25-26-24(20-13-5-2-6-14-20)27(23)22-17-9-15-18-10-7-8-16-21(18)22/h1-8,10-14,16-17H. The van der Waals surface area contributed by atoms with Crippen molar-refractivity contribution in [3.8, 4) is 28.5 Å². The zero-order chi connectivity index (χ0) is 18.1. The highest BCUT2D eigenvalue weighted by molar-refractivity contribution is 5.90. The zero-order valence-corrected chi connectivity index (χ0v) is 14.5. The Balaban J connectivity index is 1.85. The van der Waals surface area contributed by atoms with Crippen LogP contribution in [-0.4, -0.2) is 14.8 Å². The summed E-state index contributed by atoms with van der Waals surface area (Å²) in [5.74, 6) is 1.61. The normalized spacial score (nSPS) is 10.7. The summed E-state index contributed by atoms with van der Waals surface area (Å²) in [5.41, 5.74) is 3.03. The van der Waals surface area contributed by atoms with E-state index in [-0.39, 0.29) is 0 Å². The molecule has 0 aliphatic heterocycles. The topological polar surface area (TPSA) is 30.7 Å². The van der Waals surface area contributed by atoms with Crippen molar-refractivity contribution in [1.29, 1.82) is 0 Å². The van der Waals surface area contributed by atoms with Crippen molar-refractivity contribution in [2.45, 2.75) is 0 Å². The van der Waals surface area contributed by atoms with E-state index in [1.54, 1.807) is 0 Å². The predicted octanol–water partition coefficient (Wildman–Crippen LogP) is 5.35. The summed E-state index contributed by atoms with van der Waals surface area (Å²) in [6, 6.07) is 36.7. The van der Waals surface area contributed by atoms with Crippen LogP contribution >= 0.6 is 0 Å². The maximum absolute atomic E-state index is 4.53. The maximum Gasteiger partial charge on any atom is 0.168 e. The van der Waals surface area contributed by atoms with Crippen molar-refractivity contribution in [1.82, 2.24) is 14.8 Å². The smallest absolute Gasteiger partial charge is 0.168 e. The third kappa shape index (κ3) is 2.65. The molecule has 0 saturated heterocycles. The molecule has 0 amide bonds. The number of nitrogens with zero attached hydrogens (tertiary/aromatic N) is 3. The van der Waals surface area contributed by atoms with Gasteiger partial charge in [0.25, 0.3) is 0 Å². The molecule has 0 aliphatic carbocycles. The molecule has 1 aromatic heterocycles.